The molecule has 84 valence electrons. The van der Waals surface area contributed by atoms with Crippen LogP contribution in [0.4, 0.5) is 0 Å². The zero-order valence-electron chi connectivity index (χ0n) is 9.65. The van der Waals surface area contributed by atoms with Crippen LogP contribution in [0.15, 0.2) is 12.7 Å². The van der Waals surface area contributed by atoms with Crippen LogP contribution in [0.2, 0.25) is 0 Å². The normalized spacial score (nSPS) is 31.0. The zero-order chi connectivity index (χ0) is 11.0. The Labute approximate surface area is 91.7 Å². The highest BCUT2D eigenvalue weighted by Gasteiger charge is 2.46. The van der Waals surface area contributed by atoms with Crippen molar-refractivity contribution in [2.45, 2.75) is 44.8 Å². The van der Waals surface area contributed by atoms with Gasteiger partial charge in [-0.05, 0) is 32.8 Å². The van der Waals surface area contributed by atoms with E-state index >= 15 is 0 Å². The lowest BCUT2D eigenvalue weighted by molar-refractivity contribution is -0.142. The van der Waals surface area contributed by atoms with Gasteiger partial charge in [-0.1, -0.05) is 6.58 Å². The molecule has 3 nitrogen and oxygen atoms in total. The molecule has 0 N–H and O–H groups in total. The third-order valence-corrected chi connectivity index (χ3v) is 3.69. The molecule has 2 unspecified atom stereocenters. The number of hydrogen-bond acceptors (Lipinski definition) is 2. The Morgan fingerprint density at radius 3 is 2.80 bits per heavy atom. The monoisotopic (exact) mass is 208 g/mol. The van der Waals surface area contributed by atoms with Gasteiger partial charge in [-0.15, -0.1) is 0 Å². The van der Waals surface area contributed by atoms with E-state index in [0.717, 1.165) is 19.5 Å². The molecule has 0 aliphatic carbocycles. The molecule has 2 fully saturated rings. The van der Waals surface area contributed by atoms with Crippen LogP contribution in [0.1, 0.15) is 26.7 Å². The maximum atomic E-state index is 11.6. The van der Waals surface area contributed by atoms with E-state index in [2.05, 4.69) is 25.3 Å². The van der Waals surface area contributed by atoms with Gasteiger partial charge in [-0.2, -0.15) is 0 Å². The zero-order valence-corrected chi connectivity index (χ0v) is 9.65. The second kappa shape index (κ2) is 3.97. The highest BCUT2D eigenvalue weighted by atomic mass is 16.2. The molecular weight excluding hydrogens is 188 g/mol. The Bertz CT molecular complexity index is 275. The van der Waals surface area contributed by atoms with E-state index in [-0.39, 0.29) is 5.91 Å². The third-order valence-electron chi connectivity index (χ3n) is 3.69. The largest absolute Gasteiger partial charge is 0.333 e. The van der Waals surface area contributed by atoms with Crippen molar-refractivity contribution in [3.8, 4) is 0 Å². The number of carbonyl (C=O) groups excluding carboxylic acids is 1. The fourth-order valence-corrected chi connectivity index (χ4v) is 2.84. The van der Waals surface area contributed by atoms with Gasteiger partial charge < -0.3 is 4.90 Å². The average molecular weight is 208 g/mol. The molecular formula is C12H20N2O. The standard InChI is InChI=1S/C12H20N2O/c1-4-12(15)13-7-5-6-10-11(13)8-14(10)9(2)3/h4,9-11H,1,5-8H2,2-3H3. The van der Waals surface area contributed by atoms with Gasteiger partial charge in [0.1, 0.15) is 0 Å². The van der Waals surface area contributed by atoms with Crippen LogP contribution in [-0.2, 0) is 4.79 Å². The fourth-order valence-electron chi connectivity index (χ4n) is 2.84. The van der Waals surface area contributed by atoms with E-state index < -0.39 is 0 Å². The third kappa shape index (κ3) is 1.69. The Kier molecular flexibility index (Phi) is 2.83. The molecule has 2 heterocycles. The molecule has 0 aromatic heterocycles. The van der Waals surface area contributed by atoms with Crippen LogP contribution in [0.5, 0.6) is 0 Å². The smallest absolute Gasteiger partial charge is 0.246 e. The van der Waals surface area contributed by atoms with Crippen LogP contribution in [0.3, 0.4) is 0 Å². The molecule has 0 spiro atoms. The molecule has 0 bridgehead atoms. The van der Waals surface area contributed by atoms with E-state index in [9.17, 15) is 4.79 Å². The minimum atomic E-state index is 0.105. The van der Waals surface area contributed by atoms with Crippen molar-refractivity contribution in [3.63, 3.8) is 0 Å². The minimum Gasteiger partial charge on any atom is -0.333 e. The summed E-state index contributed by atoms with van der Waals surface area (Å²) in [7, 11) is 0. The number of fused-ring (bicyclic) bond motifs is 1. The predicted octanol–water partition coefficient (Wildman–Crippen LogP) is 1.26. The first-order valence-electron chi connectivity index (χ1n) is 5.84. The van der Waals surface area contributed by atoms with Crippen molar-refractivity contribution < 1.29 is 4.79 Å². The molecule has 0 saturated carbocycles. The van der Waals surface area contributed by atoms with Crippen LogP contribution < -0.4 is 0 Å². The second-order valence-electron chi connectivity index (χ2n) is 4.80. The van der Waals surface area contributed by atoms with Crippen molar-refractivity contribution in [1.82, 2.24) is 9.80 Å². The molecule has 2 atom stereocenters. The molecule has 2 rings (SSSR count). The molecule has 0 aromatic carbocycles. The summed E-state index contributed by atoms with van der Waals surface area (Å²) in [5, 5.41) is 0. The lowest BCUT2D eigenvalue weighted by atomic mass is 9.85. The van der Waals surface area contributed by atoms with E-state index in [0.29, 0.717) is 18.1 Å². The molecule has 15 heavy (non-hydrogen) atoms. The van der Waals surface area contributed by atoms with Gasteiger partial charge in [0.05, 0.1) is 6.04 Å². The topological polar surface area (TPSA) is 23.6 Å². The number of likely N-dealkylation sites (tertiary alicyclic amines) is 2. The van der Waals surface area contributed by atoms with Crippen LogP contribution >= 0.6 is 0 Å². The predicted molar refractivity (Wildman–Crippen MR) is 60.6 cm³/mol. The van der Waals surface area contributed by atoms with Gasteiger partial charge >= 0.3 is 0 Å². The summed E-state index contributed by atoms with van der Waals surface area (Å²) in [5.41, 5.74) is 0. The highest BCUT2D eigenvalue weighted by Crippen LogP contribution is 2.33. The van der Waals surface area contributed by atoms with Gasteiger partial charge in [0.25, 0.3) is 0 Å². The lowest BCUT2D eigenvalue weighted by Gasteiger charge is -2.57. The van der Waals surface area contributed by atoms with Crippen molar-refractivity contribution in [2.24, 2.45) is 0 Å². The van der Waals surface area contributed by atoms with Crippen molar-refractivity contribution in [2.75, 3.05) is 13.1 Å². The first-order valence-corrected chi connectivity index (χ1v) is 5.84. The Morgan fingerprint density at radius 2 is 2.20 bits per heavy atom. The summed E-state index contributed by atoms with van der Waals surface area (Å²) in [6, 6.07) is 1.65. The maximum absolute atomic E-state index is 11.6. The Hall–Kier alpha value is -0.830. The summed E-state index contributed by atoms with van der Waals surface area (Å²) >= 11 is 0. The van der Waals surface area contributed by atoms with Gasteiger partial charge in [-0.25, -0.2) is 0 Å². The number of nitrogens with zero attached hydrogens (tertiary/aromatic N) is 2. The van der Waals surface area contributed by atoms with E-state index in [4.69, 9.17) is 0 Å². The Morgan fingerprint density at radius 1 is 1.47 bits per heavy atom. The lowest BCUT2D eigenvalue weighted by Crippen LogP contribution is -2.71. The first kappa shape index (κ1) is 10.7. The van der Waals surface area contributed by atoms with Gasteiger partial charge in [0.2, 0.25) is 5.91 Å². The van der Waals surface area contributed by atoms with Crippen molar-refractivity contribution in [1.29, 1.82) is 0 Å². The number of carbonyl (C=O) groups is 1. The quantitative estimate of drug-likeness (QED) is 0.638. The van der Waals surface area contributed by atoms with Gasteiger partial charge in [0, 0.05) is 25.2 Å². The molecule has 2 aliphatic rings. The molecule has 0 aromatic rings. The average Bonchev–Trinajstić information content (AvgIpc) is 2.17. The van der Waals surface area contributed by atoms with E-state index in [1.54, 1.807) is 0 Å². The van der Waals surface area contributed by atoms with Crippen LogP contribution in [-0.4, -0.2) is 46.9 Å². The summed E-state index contributed by atoms with van der Waals surface area (Å²) in [4.78, 5) is 16.1. The molecule has 0 radical (unpaired) electrons. The van der Waals surface area contributed by atoms with Gasteiger partial charge in [-0.3, -0.25) is 9.69 Å². The number of amides is 1. The summed E-state index contributed by atoms with van der Waals surface area (Å²) in [5.74, 6) is 0.105. The highest BCUT2D eigenvalue weighted by molar-refractivity contribution is 5.87. The van der Waals surface area contributed by atoms with Crippen molar-refractivity contribution >= 4 is 5.91 Å². The van der Waals surface area contributed by atoms with Gasteiger partial charge in [0.15, 0.2) is 0 Å². The van der Waals surface area contributed by atoms with Crippen molar-refractivity contribution in [3.05, 3.63) is 12.7 Å². The Balaban J connectivity index is 2.02. The summed E-state index contributed by atoms with van der Waals surface area (Å²) in [6.45, 7) is 9.98. The number of rotatable bonds is 2. The molecule has 1 amide bonds. The fraction of sp³-hybridized carbons (Fsp3) is 0.750. The number of piperidine rings is 1. The maximum Gasteiger partial charge on any atom is 0.246 e. The van der Waals surface area contributed by atoms with Crippen LogP contribution in [0.25, 0.3) is 0 Å². The molecule has 2 saturated heterocycles. The second-order valence-corrected chi connectivity index (χ2v) is 4.80. The summed E-state index contributed by atoms with van der Waals surface area (Å²) in [6.07, 6.45) is 3.81. The SMILES string of the molecule is C=CC(=O)N1CCCC2C1CN2C(C)C. The number of hydrogen-bond donors (Lipinski definition) is 0. The minimum absolute atomic E-state index is 0.105. The molecule has 2 aliphatic heterocycles. The van der Waals surface area contributed by atoms with E-state index in [1.807, 2.05) is 4.90 Å². The first-order chi connectivity index (χ1) is 7.15. The van der Waals surface area contributed by atoms with E-state index in [1.165, 1.54) is 12.5 Å². The van der Waals surface area contributed by atoms with Crippen LogP contribution in [0, 0.1) is 0 Å². The molecule has 3 heteroatoms. The summed E-state index contributed by atoms with van der Waals surface area (Å²) < 4.78 is 0.